The first-order chi connectivity index (χ1) is 13.8. The standard InChI is InChI=1S/C19H19N5O3S2/c1-22-16(20)15-18(25)23-17(12-6-4-3-5-7-12)24(19(15)28-2)13-8-10-14(11-9-13)29(21,26)27/h3-11H,1-2H3,(H2,20,22)(H2,21,26,27). The molecule has 8 nitrogen and oxygen atoms in total. The summed E-state index contributed by atoms with van der Waals surface area (Å²) in [5.41, 5.74) is 6.99. The lowest BCUT2D eigenvalue weighted by Crippen LogP contribution is -2.29. The van der Waals surface area contributed by atoms with E-state index >= 15 is 0 Å². The van der Waals surface area contributed by atoms with Gasteiger partial charge in [-0.15, -0.1) is 11.8 Å². The Balaban J connectivity index is 2.40. The number of rotatable bonds is 5. The zero-order valence-corrected chi connectivity index (χ0v) is 17.4. The molecule has 3 rings (SSSR count). The van der Waals surface area contributed by atoms with E-state index in [-0.39, 0.29) is 16.3 Å². The van der Waals surface area contributed by atoms with E-state index in [1.807, 2.05) is 36.6 Å². The quantitative estimate of drug-likeness (QED) is 0.274. The molecule has 0 bridgehead atoms. The average molecular weight is 430 g/mol. The normalized spacial score (nSPS) is 12.2. The molecule has 0 spiro atoms. The summed E-state index contributed by atoms with van der Waals surface area (Å²) >= 11 is 1.31. The SMILES string of the molecule is CN=C(N)c1c(SC)n(-c2ccc(S(N)(=O)=O)cc2)c(-c2ccccc2)nc1=O. The molecule has 1 aromatic heterocycles. The summed E-state index contributed by atoms with van der Waals surface area (Å²) in [7, 11) is -2.34. The molecule has 0 saturated heterocycles. The minimum Gasteiger partial charge on any atom is -0.383 e. The van der Waals surface area contributed by atoms with Crippen molar-refractivity contribution < 1.29 is 8.42 Å². The van der Waals surface area contributed by atoms with E-state index < -0.39 is 15.6 Å². The highest BCUT2D eigenvalue weighted by Crippen LogP contribution is 2.29. The minimum absolute atomic E-state index is 0.0166. The number of hydrogen-bond donors (Lipinski definition) is 2. The Morgan fingerprint density at radius 2 is 1.72 bits per heavy atom. The van der Waals surface area contributed by atoms with Crippen LogP contribution in [0.25, 0.3) is 17.1 Å². The highest BCUT2D eigenvalue weighted by atomic mass is 32.2. The van der Waals surface area contributed by atoms with Gasteiger partial charge in [0.15, 0.2) is 0 Å². The summed E-state index contributed by atoms with van der Waals surface area (Å²) in [6, 6.07) is 15.2. The second-order valence-corrected chi connectivity index (χ2v) is 8.33. The number of aliphatic imine (C=N–C) groups is 1. The van der Waals surface area contributed by atoms with Crippen LogP contribution in [-0.4, -0.2) is 37.1 Å². The third-order valence-electron chi connectivity index (χ3n) is 4.20. The van der Waals surface area contributed by atoms with Gasteiger partial charge >= 0.3 is 0 Å². The van der Waals surface area contributed by atoms with Crippen LogP contribution in [0.3, 0.4) is 0 Å². The lowest BCUT2D eigenvalue weighted by atomic mass is 10.2. The molecule has 1 heterocycles. The second kappa shape index (κ2) is 8.19. The number of aromatic nitrogens is 2. The topological polar surface area (TPSA) is 133 Å². The first-order valence-corrected chi connectivity index (χ1v) is 11.2. The maximum atomic E-state index is 12.8. The molecule has 0 aliphatic carbocycles. The Labute approximate surface area is 172 Å². The molecule has 0 saturated carbocycles. The zero-order chi connectivity index (χ0) is 21.2. The van der Waals surface area contributed by atoms with Gasteiger partial charge in [-0.25, -0.2) is 13.6 Å². The third-order valence-corrected chi connectivity index (χ3v) is 5.90. The van der Waals surface area contributed by atoms with Crippen molar-refractivity contribution in [2.75, 3.05) is 13.3 Å². The van der Waals surface area contributed by atoms with Crippen molar-refractivity contribution in [2.45, 2.75) is 9.92 Å². The van der Waals surface area contributed by atoms with Crippen molar-refractivity contribution in [1.82, 2.24) is 9.55 Å². The van der Waals surface area contributed by atoms with E-state index in [1.165, 1.54) is 30.9 Å². The van der Waals surface area contributed by atoms with Gasteiger partial charge in [0.05, 0.1) is 9.92 Å². The summed E-state index contributed by atoms with van der Waals surface area (Å²) in [4.78, 5) is 21.0. The first kappa shape index (κ1) is 20.8. The lowest BCUT2D eigenvalue weighted by Gasteiger charge is -2.19. The maximum absolute atomic E-state index is 12.8. The van der Waals surface area contributed by atoms with E-state index in [2.05, 4.69) is 9.98 Å². The number of nitrogens with two attached hydrogens (primary N) is 2. The fourth-order valence-electron chi connectivity index (χ4n) is 2.83. The Hall–Kier alpha value is -2.95. The molecule has 0 aliphatic rings. The van der Waals surface area contributed by atoms with Gasteiger partial charge in [-0.2, -0.15) is 4.98 Å². The molecule has 0 aliphatic heterocycles. The van der Waals surface area contributed by atoms with Crippen LogP contribution >= 0.6 is 11.8 Å². The summed E-state index contributed by atoms with van der Waals surface area (Å²) < 4.78 is 25.0. The summed E-state index contributed by atoms with van der Waals surface area (Å²) in [5, 5.41) is 5.74. The maximum Gasteiger partial charge on any atom is 0.285 e. The van der Waals surface area contributed by atoms with Crippen LogP contribution in [0.4, 0.5) is 0 Å². The fraction of sp³-hybridized carbons (Fsp3) is 0.105. The molecule has 0 radical (unpaired) electrons. The Bertz CT molecular complexity index is 1240. The summed E-state index contributed by atoms with van der Waals surface area (Å²) in [6.45, 7) is 0. The summed E-state index contributed by atoms with van der Waals surface area (Å²) in [6.07, 6.45) is 1.81. The van der Waals surface area contributed by atoms with Crippen molar-refractivity contribution in [3.63, 3.8) is 0 Å². The third kappa shape index (κ3) is 4.09. The zero-order valence-electron chi connectivity index (χ0n) is 15.7. The molecule has 2 aromatic carbocycles. The predicted molar refractivity (Wildman–Crippen MR) is 115 cm³/mol. The molecule has 0 amide bonds. The van der Waals surface area contributed by atoms with Crippen LogP contribution in [0.15, 0.2) is 74.3 Å². The van der Waals surface area contributed by atoms with Crippen LogP contribution in [0, 0.1) is 0 Å². The molecule has 0 fully saturated rings. The Morgan fingerprint density at radius 1 is 1.10 bits per heavy atom. The van der Waals surface area contributed by atoms with Gasteiger partial charge in [-0.3, -0.25) is 14.4 Å². The second-order valence-electron chi connectivity index (χ2n) is 5.97. The minimum atomic E-state index is -3.83. The van der Waals surface area contributed by atoms with Crippen LogP contribution in [-0.2, 0) is 10.0 Å². The highest BCUT2D eigenvalue weighted by molar-refractivity contribution is 7.98. The molecule has 4 N–H and O–H groups in total. The van der Waals surface area contributed by atoms with Crippen molar-refractivity contribution in [3.05, 3.63) is 70.5 Å². The van der Waals surface area contributed by atoms with E-state index in [0.29, 0.717) is 22.1 Å². The Morgan fingerprint density at radius 3 is 2.24 bits per heavy atom. The van der Waals surface area contributed by atoms with Gasteiger partial charge in [0.1, 0.15) is 17.2 Å². The van der Waals surface area contributed by atoms with Crippen molar-refractivity contribution >= 4 is 27.6 Å². The molecule has 10 heteroatoms. The van der Waals surface area contributed by atoms with Gasteiger partial charge < -0.3 is 5.73 Å². The average Bonchev–Trinajstić information content (AvgIpc) is 2.72. The molecule has 150 valence electrons. The number of hydrogen-bond acceptors (Lipinski definition) is 6. The van der Waals surface area contributed by atoms with Gasteiger partial charge in [0.25, 0.3) is 5.56 Å². The fourth-order valence-corrected chi connectivity index (χ4v) is 4.12. The number of nitrogens with zero attached hydrogens (tertiary/aromatic N) is 3. The van der Waals surface area contributed by atoms with E-state index in [1.54, 1.807) is 16.7 Å². The van der Waals surface area contributed by atoms with Crippen LogP contribution < -0.4 is 16.4 Å². The largest absolute Gasteiger partial charge is 0.383 e. The molecule has 0 unspecified atom stereocenters. The van der Waals surface area contributed by atoms with Gasteiger partial charge in [-0.1, -0.05) is 30.3 Å². The molecule has 0 atom stereocenters. The number of thioether (sulfide) groups is 1. The molecule has 3 aromatic rings. The van der Waals surface area contributed by atoms with Crippen LogP contribution in [0.1, 0.15) is 5.56 Å². The predicted octanol–water partition coefficient (Wildman–Crippen LogP) is 1.60. The monoisotopic (exact) mass is 429 g/mol. The van der Waals surface area contributed by atoms with Gasteiger partial charge in [0.2, 0.25) is 10.0 Å². The molecule has 29 heavy (non-hydrogen) atoms. The van der Waals surface area contributed by atoms with Crippen LogP contribution in [0.5, 0.6) is 0 Å². The van der Waals surface area contributed by atoms with Crippen LogP contribution in [0.2, 0.25) is 0 Å². The number of primary sulfonamides is 1. The summed E-state index contributed by atoms with van der Waals surface area (Å²) in [5.74, 6) is 0.470. The number of amidine groups is 1. The number of benzene rings is 2. The van der Waals surface area contributed by atoms with Crippen molar-refractivity contribution in [1.29, 1.82) is 0 Å². The van der Waals surface area contributed by atoms with Crippen molar-refractivity contribution in [2.24, 2.45) is 15.9 Å². The van der Waals surface area contributed by atoms with Gasteiger partial charge in [0, 0.05) is 18.3 Å². The highest BCUT2D eigenvalue weighted by Gasteiger charge is 2.21. The smallest absolute Gasteiger partial charge is 0.285 e. The van der Waals surface area contributed by atoms with Gasteiger partial charge in [-0.05, 0) is 30.5 Å². The van der Waals surface area contributed by atoms with E-state index in [4.69, 9.17) is 10.9 Å². The molecular weight excluding hydrogens is 410 g/mol. The number of sulfonamides is 1. The Kier molecular flexibility index (Phi) is 5.87. The van der Waals surface area contributed by atoms with E-state index in [9.17, 15) is 13.2 Å². The first-order valence-electron chi connectivity index (χ1n) is 8.40. The molecular formula is C19H19N5O3S2. The van der Waals surface area contributed by atoms with Crippen molar-refractivity contribution in [3.8, 4) is 17.1 Å². The van der Waals surface area contributed by atoms with E-state index in [0.717, 1.165) is 0 Å². The lowest BCUT2D eigenvalue weighted by molar-refractivity contribution is 0.598.